The molecule has 0 unspecified atom stereocenters. The van der Waals surface area contributed by atoms with Crippen LogP contribution in [-0.2, 0) is 0 Å². The Morgan fingerprint density at radius 2 is 0.167 bits per heavy atom. The van der Waals surface area contributed by atoms with E-state index < -0.39 is 0 Å². The minimum absolute atomic E-state index is 1.04. The quantitative estimate of drug-likeness (QED) is 0.0596. The number of nitrogens with zero attached hydrogens (tertiary/aromatic N) is 6. The third-order valence-electron chi connectivity index (χ3n) is 25.4. The molecule has 0 heterocycles. The third kappa shape index (κ3) is 18.3. The SMILES string of the molecule is Cc1ccc(N(c2ccc(C)cc2)c2ccc(C(=C3C(=C(c4ccc(N(c5ccc(C)cc5)c5ccc(C)cc5)cc4)c4ccc(N(c5ccc(C)cc5)c5ccc(C)cc5)cc4)C3=C(c3ccc(N(c4ccc(C)cc4)c4ccc(C)cc4)cc3)c3ccc(N(c4ccc(C)cc4)c4ccc(C)cc4)cc3)c3ccc(N(c4ccc(C)cc4)c4ccc(C)cc4)cc3)cc2)cc1. The number of rotatable bonds is 24. The highest BCUT2D eigenvalue weighted by atomic mass is 15.2. The molecule has 0 radical (unpaired) electrons. The van der Waals surface area contributed by atoms with Crippen LogP contribution in [0.3, 0.4) is 0 Å². The molecular weight excluding hydrogens is 1600 g/mol. The van der Waals surface area contributed by atoms with Crippen molar-refractivity contribution in [1.29, 1.82) is 0 Å². The van der Waals surface area contributed by atoms with Gasteiger partial charge in [-0.1, -0.05) is 285 Å². The van der Waals surface area contributed by atoms with Crippen molar-refractivity contribution >= 4 is 119 Å². The van der Waals surface area contributed by atoms with Gasteiger partial charge in [-0.25, -0.2) is 0 Å². The summed E-state index contributed by atoms with van der Waals surface area (Å²) in [5, 5.41) is 0. The molecule has 18 aromatic carbocycles. The molecule has 0 saturated heterocycles. The molecule has 1 aliphatic carbocycles. The van der Waals surface area contributed by atoms with Crippen LogP contribution < -0.4 is 29.4 Å². The average molecular weight is 1710 g/mol. The first-order valence-corrected chi connectivity index (χ1v) is 45.8. The van der Waals surface area contributed by atoms with Crippen LogP contribution in [-0.4, -0.2) is 0 Å². The van der Waals surface area contributed by atoms with Crippen molar-refractivity contribution in [1.82, 2.24) is 0 Å². The summed E-state index contributed by atoms with van der Waals surface area (Å²) in [6.45, 7) is 25.9. The van der Waals surface area contributed by atoms with Gasteiger partial charge in [-0.05, 0) is 368 Å². The van der Waals surface area contributed by atoms with Gasteiger partial charge in [0.1, 0.15) is 0 Å². The Hall–Kier alpha value is -16.0. The van der Waals surface area contributed by atoms with Crippen LogP contribution in [0.1, 0.15) is 100 Å². The normalized spacial score (nSPS) is 11.6. The molecule has 0 spiro atoms. The Balaban J connectivity index is 0.934. The number of anilines is 18. The highest BCUT2D eigenvalue weighted by Gasteiger charge is 2.42. The molecule has 6 nitrogen and oxygen atoms in total. The van der Waals surface area contributed by atoms with Crippen LogP contribution >= 0.6 is 0 Å². The van der Waals surface area contributed by atoms with E-state index in [0.717, 1.165) is 169 Å². The summed E-state index contributed by atoms with van der Waals surface area (Å²) in [6.07, 6.45) is 0. The second kappa shape index (κ2) is 37.4. The first-order valence-electron chi connectivity index (χ1n) is 45.8. The number of hydrogen-bond acceptors (Lipinski definition) is 6. The van der Waals surface area contributed by atoms with E-state index in [2.05, 4.69) is 549 Å². The number of allylic oxidation sites excluding steroid dienone is 3. The minimum atomic E-state index is 1.04. The molecule has 0 aromatic heterocycles. The molecule has 0 amide bonds. The Kier molecular flexibility index (Phi) is 24.2. The lowest BCUT2D eigenvalue weighted by molar-refractivity contribution is 1.26. The monoisotopic (exact) mass is 1700 g/mol. The molecule has 132 heavy (non-hydrogen) atoms. The second-order valence-corrected chi connectivity index (χ2v) is 35.6. The Bertz CT molecular complexity index is 5780. The topological polar surface area (TPSA) is 19.4 Å². The summed E-state index contributed by atoms with van der Waals surface area (Å²) in [6, 6.07) is 163. The molecule has 1 saturated carbocycles. The molecule has 0 bridgehead atoms. The fourth-order valence-electron chi connectivity index (χ4n) is 18.0. The largest absolute Gasteiger partial charge is 0.311 e. The van der Waals surface area contributed by atoms with Crippen molar-refractivity contribution in [2.45, 2.75) is 83.1 Å². The van der Waals surface area contributed by atoms with Gasteiger partial charge >= 0.3 is 0 Å². The Morgan fingerprint density at radius 3 is 0.242 bits per heavy atom. The predicted molar refractivity (Wildman–Crippen MR) is 562 cm³/mol. The maximum absolute atomic E-state index is 2.38. The number of aryl methyl sites for hydroxylation is 12. The van der Waals surface area contributed by atoms with Crippen LogP contribution in [0.5, 0.6) is 0 Å². The maximum Gasteiger partial charge on any atom is 0.0462 e. The van der Waals surface area contributed by atoms with E-state index in [1.54, 1.807) is 0 Å². The van der Waals surface area contributed by atoms with Gasteiger partial charge in [0.25, 0.3) is 0 Å². The van der Waals surface area contributed by atoms with Crippen LogP contribution in [0.4, 0.5) is 102 Å². The van der Waals surface area contributed by atoms with E-state index in [1.807, 2.05) is 0 Å². The van der Waals surface area contributed by atoms with Crippen molar-refractivity contribution in [2.75, 3.05) is 29.4 Å². The first kappa shape index (κ1) is 85.4. The molecule has 6 heteroatoms. The van der Waals surface area contributed by atoms with Gasteiger partial charge in [0.2, 0.25) is 0 Å². The van der Waals surface area contributed by atoms with Crippen molar-refractivity contribution in [2.24, 2.45) is 0 Å². The zero-order valence-electron chi connectivity index (χ0n) is 77.3. The third-order valence-corrected chi connectivity index (χ3v) is 25.4. The molecule has 18 aromatic rings. The molecule has 19 rings (SSSR count). The lowest BCUT2D eigenvalue weighted by atomic mass is 9.93. The fourth-order valence-corrected chi connectivity index (χ4v) is 18.0. The van der Waals surface area contributed by atoms with Gasteiger partial charge in [0.15, 0.2) is 0 Å². The van der Waals surface area contributed by atoms with Crippen LogP contribution in [0.25, 0.3) is 16.7 Å². The van der Waals surface area contributed by atoms with Gasteiger partial charge in [0, 0.05) is 102 Å². The van der Waals surface area contributed by atoms with E-state index >= 15 is 0 Å². The highest BCUT2D eigenvalue weighted by Crippen LogP contribution is 2.61. The summed E-state index contributed by atoms with van der Waals surface area (Å²) in [5.41, 5.74) is 46.5. The molecular formula is C126H108N6. The van der Waals surface area contributed by atoms with Crippen molar-refractivity contribution in [3.05, 3.63) is 554 Å². The molecule has 0 aliphatic heterocycles. The summed E-state index contributed by atoms with van der Waals surface area (Å²) < 4.78 is 0. The maximum atomic E-state index is 2.38. The van der Waals surface area contributed by atoms with Gasteiger partial charge in [-0.15, -0.1) is 0 Å². The van der Waals surface area contributed by atoms with Gasteiger partial charge in [-0.3, -0.25) is 0 Å². The fraction of sp³-hybridized carbons (Fsp3) is 0.0952. The molecule has 1 fully saturated rings. The lowest BCUT2D eigenvalue weighted by Gasteiger charge is -2.26. The number of benzene rings is 18. The van der Waals surface area contributed by atoms with E-state index in [-0.39, 0.29) is 0 Å². The zero-order chi connectivity index (χ0) is 90.6. The van der Waals surface area contributed by atoms with Crippen molar-refractivity contribution in [3.63, 3.8) is 0 Å². The van der Waals surface area contributed by atoms with Crippen molar-refractivity contribution < 1.29 is 0 Å². The molecule has 1 aliphatic rings. The summed E-state index contributed by atoms with van der Waals surface area (Å²) in [7, 11) is 0. The van der Waals surface area contributed by atoms with E-state index in [0.29, 0.717) is 0 Å². The molecule has 642 valence electrons. The zero-order valence-corrected chi connectivity index (χ0v) is 77.3. The van der Waals surface area contributed by atoms with Crippen LogP contribution in [0.15, 0.2) is 453 Å². The highest BCUT2D eigenvalue weighted by molar-refractivity contribution is 6.14. The first-order chi connectivity index (χ1) is 64.3. The summed E-state index contributed by atoms with van der Waals surface area (Å²) in [4.78, 5) is 14.3. The molecule has 0 N–H and O–H groups in total. The van der Waals surface area contributed by atoms with Gasteiger partial charge in [-0.2, -0.15) is 0 Å². The number of hydrogen-bond donors (Lipinski definition) is 0. The lowest BCUT2D eigenvalue weighted by Crippen LogP contribution is -2.10. The predicted octanol–water partition coefficient (Wildman–Crippen LogP) is 35.0. The Morgan fingerprint density at radius 1 is 0.0985 bits per heavy atom. The summed E-state index contributed by atoms with van der Waals surface area (Å²) >= 11 is 0. The minimum Gasteiger partial charge on any atom is -0.311 e. The van der Waals surface area contributed by atoms with Crippen LogP contribution in [0.2, 0.25) is 0 Å². The summed E-state index contributed by atoms with van der Waals surface area (Å²) in [5.74, 6) is 0. The van der Waals surface area contributed by atoms with Crippen LogP contribution in [0, 0.1) is 83.1 Å². The van der Waals surface area contributed by atoms with E-state index in [9.17, 15) is 0 Å². The second-order valence-electron chi connectivity index (χ2n) is 35.6. The standard InChI is InChI=1S/C126H108N6/c1-85-13-49-103(50-14-85)127(104-51-15-86(2)16-52-104)115-73-37-97(38-74-115)121(98-39-75-116(76-40-98)128(105-53-17-87(3)18-54-105)106-55-19-88(4)20-56-106)124-125(122(99-41-77-117(78-42-99)129(107-57-21-89(5)22-58-107)108-59-23-90(6)24-60-108)100-43-79-118(80-44-100)130(109-61-25-91(7)26-62-109)110-63-27-92(8)28-64-110)126(124)123(101-45-81-119(82-46-101)131(111-65-29-93(9)30-66-111)112-67-31-94(10)32-68-112)102-47-83-120(84-48-102)132(113-69-33-95(11)34-70-113)114-71-35-96(12)36-72-114/h13-84H,1-12H3. The Labute approximate surface area is 779 Å². The van der Waals surface area contributed by atoms with Gasteiger partial charge in [0.05, 0.1) is 0 Å². The smallest absolute Gasteiger partial charge is 0.0462 e. The van der Waals surface area contributed by atoms with Gasteiger partial charge < -0.3 is 29.4 Å². The van der Waals surface area contributed by atoms with Crippen molar-refractivity contribution in [3.8, 4) is 0 Å². The van der Waals surface area contributed by atoms with E-state index in [4.69, 9.17) is 0 Å². The van der Waals surface area contributed by atoms with E-state index in [1.165, 1.54) is 66.8 Å². The average Bonchev–Trinajstić information content (AvgIpc) is 1.54. The molecule has 0 atom stereocenters.